The molecule has 0 aromatic rings. The molecular weight excluding hydrogens is 280 g/mol. The lowest BCUT2D eigenvalue weighted by Crippen LogP contribution is -2.45. The van der Waals surface area contributed by atoms with Crippen LogP contribution in [0.15, 0.2) is 11.6 Å². The van der Waals surface area contributed by atoms with Gasteiger partial charge in [0.25, 0.3) is 0 Å². The number of nitrogens with zero attached hydrogens (tertiary/aromatic N) is 1. The molecule has 0 spiro atoms. The summed E-state index contributed by atoms with van der Waals surface area (Å²) in [5, 5.41) is 3.06. The lowest BCUT2D eigenvalue weighted by atomic mass is 9.90. The van der Waals surface area contributed by atoms with Crippen LogP contribution in [0.2, 0.25) is 0 Å². The van der Waals surface area contributed by atoms with Crippen LogP contribution >= 0.6 is 0 Å². The van der Waals surface area contributed by atoms with Gasteiger partial charge >= 0.3 is 0 Å². The Morgan fingerprint density at radius 3 is 2.18 bits per heavy atom. The molecule has 1 heterocycles. The van der Waals surface area contributed by atoms with Crippen molar-refractivity contribution >= 4 is 17.7 Å². The summed E-state index contributed by atoms with van der Waals surface area (Å²) in [6, 6.07) is 0.208. The quantitative estimate of drug-likeness (QED) is 0.637. The van der Waals surface area contributed by atoms with Crippen LogP contribution in [-0.2, 0) is 14.4 Å². The first-order valence-corrected chi connectivity index (χ1v) is 8.38. The Morgan fingerprint density at radius 1 is 1.05 bits per heavy atom. The Labute approximate surface area is 131 Å². The number of carbonyl (C=O) groups is 3. The molecule has 1 N–H and O–H groups in total. The molecule has 5 nitrogen and oxygen atoms in total. The molecule has 1 saturated heterocycles. The largest absolute Gasteiger partial charge is 0.350 e. The SMILES string of the molecule is C/C(=C/C(=O)NC1CCC(N2C(=O)CCC2=O)CC1)C1CC1. The summed E-state index contributed by atoms with van der Waals surface area (Å²) in [4.78, 5) is 37.0. The van der Waals surface area contributed by atoms with E-state index in [4.69, 9.17) is 0 Å². The Kier molecular flexibility index (Phi) is 4.32. The Bertz CT molecular complexity index is 498. The molecule has 0 aromatic heterocycles. The van der Waals surface area contributed by atoms with Gasteiger partial charge in [0.2, 0.25) is 17.7 Å². The highest BCUT2D eigenvalue weighted by Gasteiger charge is 2.37. The molecule has 120 valence electrons. The second-order valence-corrected chi connectivity index (χ2v) is 6.83. The average Bonchev–Trinajstić information content (AvgIpc) is 3.27. The molecule has 5 heteroatoms. The van der Waals surface area contributed by atoms with E-state index in [1.165, 1.54) is 23.3 Å². The fourth-order valence-electron chi connectivity index (χ4n) is 3.59. The normalized spacial score (nSPS) is 29.9. The van der Waals surface area contributed by atoms with E-state index in [1.807, 2.05) is 6.92 Å². The van der Waals surface area contributed by atoms with Gasteiger partial charge in [-0.1, -0.05) is 5.57 Å². The Hall–Kier alpha value is -1.65. The number of rotatable bonds is 4. The van der Waals surface area contributed by atoms with Gasteiger partial charge in [-0.25, -0.2) is 0 Å². The van der Waals surface area contributed by atoms with Crippen molar-refractivity contribution in [3.8, 4) is 0 Å². The topological polar surface area (TPSA) is 66.5 Å². The number of nitrogens with one attached hydrogen (secondary N) is 1. The van der Waals surface area contributed by atoms with Crippen LogP contribution in [-0.4, -0.2) is 34.7 Å². The first kappa shape index (κ1) is 15.3. The highest BCUT2D eigenvalue weighted by Crippen LogP contribution is 2.35. The third-order valence-corrected chi connectivity index (χ3v) is 5.08. The molecule has 2 aliphatic carbocycles. The monoisotopic (exact) mass is 304 g/mol. The van der Waals surface area contributed by atoms with Gasteiger partial charge in [-0.3, -0.25) is 19.3 Å². The fraction of sp³-hybridized carbons (Fsp3) is 0.706. The lowest BCUT2D eigenvalue weighted by Gasteiger charge is -2.33. The number of likely N-dealkylation sites (tertiary alicyclic amines) is 1. The van der Waals surface area contributed by atoms with E-state index in [9.17, 15) is 14.4 Å². The Morgan fingerprint density at radius 2 is 1.64 bits per heavy atom. The summed E-state index contributed by atoms with van der Waals surface area (Å²) in [5.74, 6) is 0.566. The van der Waals surface area contributed by atoms with E-state index in [0.29, 0.717) is 18.8 Å². The summed E-state index contributed by atoms with van der Waals surface area (Å²) in [6.45, 7) is 2.03. The maximum atomic E-state index is 12.0. The van der Waals surface area contributed by atoms with Gasteiger partial charge in [-0.15, -0.1) is 0 Å². The van der Waals surface area contributed by atoms with Crippen LogP contribution in [0.4, 0.5) is 0 Å². The van der Waals surface area contributed by atoms with E-state index in [0.717, 1.165) is 25.7 Å². The fourth-order valence-corrected chi connectivity index (χ4v) is 3.59. The highest BCUT2D eigenvalue weighted by molar-refractivity contribution is 6.02. The predicted molar refractivity (Wildman–Crippen MR) is 81.8 cm³/mol. The second kappa shape index (κ2) is 6.23. The van der Waals surface area contributed by atoms with Gasteiger partial charge in [-0.2, -0.15) is 0 Å². The Balaban J connectivity index is 1.47. The van der Waals surface area contributed by atoms with Crippen LogP contribution in [0, 0.1) is 5.92 Å². The van der Waals surface area contributed by atoms with Crippen molar-refractivity contribution < 1.29 is 14.4 Å². The minimum absolute atomic E-state index is 0.00109. The minimum atomic E-state index is -0.0273. The van der Waals surface area contributed by atoms with Crippen LogP contribution in [0.3, 0.4) is 0 Å². The van der Waals surface area contributed by atoms with Gasteiger partial charge in [0.1, 0.15) is 0 Å². The molecule has 0 radical (unpaired) electrons. The van der Waals surface area contributed by atoms with Crippen LogP contribution in [0.5, 0.6) is 0 Å². The maximum Gasteiger partial charge on any atom is 0.244 e. The van der Waals surface area contributed by atoms with Crippen molar-refractivity contribution in [2.75, 3.05) is 0 Å². The molecule has 22 heavy (non-hydrogen) atoms. The smallest absolute Gasteiger partial charge is 0.244 e. The van der Waals surface area contributed by atoms with E-state index in [2.05, 4.69) is 5.32 Å². The first-order chi connectivity index (χ1) is 10.5. The predicted octanol–water partition coefficient (Wildman–Crippen LogP) is 1.92. The van der Waals surface area contributed by atoms with Gasteiger partial charge < -0.3 is 5.32 Å². The van der Waals surface area contributed by atoms with Crippen molar-refractivity contribution in [2.24, 2.45) is 5.92 Å². The number of hydrogen-bond acceptors (Lipinski definition) is 3. The van der Waals surface area contributed by atoms with Crippen LogP contribution in [0.25, 0.3) is 0 Å². The van der Waals surface area contributed by atoms with Crippen LogP contribution in [0.1, 0.15) is 58.3 Å². The molecule has 0 bridgehead atoms. The third kappa shape index (κ3) is 3.39. The molecular formula is C17H24N2O3. The molecule has 3 amide bonds. The van der Waals surface area contributed by atoms with Gasteiger partial charge in [0.15, 0.2) is 0 Å². The van der Waals surface area contributed by atoms with Crippen molar-refractivity contribution in [3.05, 3.63) is 11.6 Å². The van der Waals surface area contributed by atoms with Crippen molar-refractivity contribution in [3.63, 3.8) is 0 Å². The average molecular weight is 304 g/mol. The number of amides is 3. The summed E-state index contributed by atoms with van der Waals surface area (Å²) in [5.41, 5.74) is 1.18. The van der Waals surface area contributed by atoms with Gasteiger partial charge in [-0.05, 0) is 51.4 Å². The van der Waals surface area contributed by atoms with E-state index < -0.39 is 0 Å². The second-order valence-electron chi connectivity index (χ2n) is 6.83. The summed E-state index contributed by atoms with van der Waals surface area (Å²) >= 11 is 0. The van der Waals surface area contributed by atoms with Crippen molar-refractivity contribution in [1.82, 2.24) is 10.2 Å². The van der Waals surface area contributed by atoms with Gasteiger partial charge in [0, 0.05) is 31.0 Å². The van der Waals surface area contributed by atoms with Gasteiger partial charge in [0.05, 0.1) is 0 Å². The minimum Gasteiger partial charge on any atom is -0.350 e. The molecule has 0 aromatic carbocycles. The molecule has 3 fully saturated rings. The van der Waals surface area contributed by atoms with E-state index in [1.54, 1.807) is 6.08 Å². The zero-order chi connectivity index (χ0) is 15.7. The lowest BCUT2D eigenvalue weighted by molar-refractivity contribution is -0.142. The summed E-state index contributed by atoms with van der Waals surface area (Å²) in [7, 11) is 0. The standard InChI is InChI=1S/C17H24N2O3/c1-11(12-2-3-12)10-15(20)18-13-4-6-14(7-5-13)19-16(21)8-9-17(19)22/h10,12-14H,2-9H2,1H3,(H,18,20)/b11-10-. The summed E-state index contributed by atoms with van der Waals surface area (Å²) in [6.07, 6.45) is 8.14. The molecule has 0 unspecified atom stereocenters. The zero-order valence-electron chi connectivity index (χ0n) is 13.1. The number of carbonyl (C=O) groups excluding carboxylic acids is 3. The van der Waals surface area contributed by atoms with E-state index in [-0.39, 0.29) is 29.8 Å². The first-order valence-electron chi connectivity index (χ1n) is 8.38. The number of imide groups is 1. The molecule has 3 aliphatic rings. The van der Waals surface area contributed by atoms with E-state index >= 15 is 0 Å². The molecule has 0 atom stereocenters. The number of hydrogen-bond donors (Lipinski definition) is 1. The number of allylic oxidation sites excluding steroid dienone is 1. The molecule has 3 rings (SSSR count). The molecule has 1 aliphatic heterocycles. The zero-order valence-corrected chi connectivity index (χ0v) is 13.1. The van der Waals surface area contributed by atoms with Crippen molar-refractivity contribution in [2.45, 2.75) is 70.4 Å². The van der Waals surface area contributed by atoms with Crippen LogP contribution < -0.4 is 5.32 Å². The maximum absolute atomic E-state index is 12.0. The highest BCUT2D eigenvalue weighted by atomic mass is 16.2. The third-order valence-electron chi connectivity index (χ3n) is 5.08. The summed E-state index contributed by atoms with van der Waals surface area (Å²) < 4.78 is 0. The molecule has 2 saturated carbocycles. The van der Waals surface area contributed by atoms with Crippen molar-refractivity contribution in [1.29, 1.82) is 0 Å².